The second-order valence-corrected chi connectivity index (χ2v) is 6.50. The minimum Gasteiger partial charge on any atom is -0.463 e. The highest BCUT2D eigenvalue weighted by molar-refractivity contribution is 5.94. The molecule has 1 saturated carbocycles. The molecule has 0 heterocycles. The molecular formula is C19H27NO3. The van der Waals surface area contributed by atoms with E-state index in [-0.39, 0.29) is 24.4 Å². The molecule has 0 saturated heterocycles. The third-order valence-electron chi connectivity index (χ3n) is 4.23. The third kappa shape index (κ3) is 5.70. The van der Waals surface area contributed by atoms with Gasteiger partial charge in [-0.25, -0.2) is 0 Å². The normalized spacial score (nSPS) is 15.4. The topological polar surface area (TPSA) is 55.4 Å². The van der Waals surface area contributed by atoms with Crippen LogP contribution in [0.4, 0.5) is 0 Å². The Kier molecular flexibility index (Phi) is 6.63. The van der Waals surface area contributed by atoms with E-state index in [9.17, 15) is 9.59 Å². The van der Waals surface area contributed by atoms with Crippen molar-refractivity contribution >= 4 is 11.9 Å². The summed E-state index contributed by atoms with van der Waals surface area (Å²) in [7, 11) is 0. The number of nitrogens with one attached hydrogen (secondary N) is 1. The molecule has 1 aliphatic carbocycles. The zero-order chi connectivity index (χ0) is 16.7. The number of rotatable bonds is 6. The van der Waals surface area contributed by atoms with Crippen molar-refractivity contribution in [1.82, 2.24) is 5.32 Å². The molecule has 1 aromatic rings. The summed E-state index contributed by atoms with van der Waals surface area (Å²) in [6.07, 6.45) is 6.54. The van der Waals surface area contributed by atoms with Crippen LogP contribution >= 0.6 is 0 Å². The fraction of sp³-hybridized carbons (Fsp3) is 0.579. The number of ether oxygens (including phenoxy) is 1. The highest BCUT2D eigenvalue weighted by Gasteiger charge is 2.16. The first-order valence-electron chi connectivity index (χ1n) is 8.64. The van der Waals surface area contributed by atoms with E-state index in [2.05, 4.69) is 17.4 Å². The molecule has 0 atom stereocenters. The maximum absolute atomic E-state index is 12.1. The molecule has 1 aliphatic rings. The second-order valence-electron chi connectivity index (χ2n) is 6.50. The highest BCUT2D eigenvalue weighted by Crippen LogP contribution is 2.32. The van der Waals surface area contributed by atoms with Gasteiger partial charge in [0.05, 0.1) is 12.5 Å². The van der Waals surface area contributed by atoms with Crippen LogP contribution in [0.3, 0.4) is 0 Å². The van der Waals surface area contributed by atoms with E-state index in [0.29, 0.717) is 18.0 Å². The van der Waals surface area contributed by atoms with Crippen molar-refractivity contribution in [2.24, 2.45) is 0 Å². The lowest BCUT2D eigenvalue weighted by molar-refractivity contribution is -0.147. The molecule has 1 N–H and O–H groups in total. The van der Waals surface area contributed by atoms with Gasteiger partial charge < -0.3 is 10.1 Å². The van der Waals surface area contributed by atoms with Gasteiger partial charge in [-0.05, 0) is 50.3 Å². The van der Waals surface area contributed by atoms with Crippen molar-refractivity contribution in [1.29, 1.82) is 0 Å². The molecule has 126 valence electrons. The molecule has 23 heavy (non-hydrogen) atoms. The van der Waals surface area contributed by atoms with E-state index >= 15 is 0 Å². The minimum absolute atomic E-state index is 0.120. The predicted molar refractivity (Wildman–Crippen MR) is 90.4 cm³/mol. The van der Waals surface area contributed by atoms with Crippen molar-refractivity contribution in [2.45, 2.75) is 64.4 Å². The second kappa shape index (κ2) is 8.70. The zero-order valence-electron chi connectivity index (χ0n) is 14.1. The number of carbonyl (C=O) groups is 2. The summed E-state index contributed by atoms with van der Waals surface area (Å²) < 4.78 is 5.03. The predicted octanol–water partition coefficient (Wildman–Crippen LogP) is 3.81. The number of hydrogen-bond acceptors (Lipinski definition) is 3. The Hall–Kier alpha value is -1.84. The molecule has 0 aliphatic heterocycles. The first-order chi connectivity index (χ1) is 11.1. The molecular weight excluding hydrogens is 290 g/mol. The number of amides is 1. The van der Waals surface area contributed by atoms with Gasteiger partial charge in [0.1, 0.15) is 0 Å². The van der Waals surface area contributed by atoms with Crippen molar-refractivity contribution in [3.63, 3.8) is 0 Å². The smallest absolute Gasteiger partial charge is 0.307 e. The molecule has 0 radical (unpaired) electrons. The summed E-state index contributed by atoms with van der Waals surface area (Å²) in [5.74, 6) is 0.220. The van der Waals surface area contributed by atoms with Crippen molar-refractivity contribution < 1.29 is 14.3 Å². The Labute approximate surface area is 138 Å². The van der Waals surface area contributed by atoms with Crippen LogP contribution in [0.1, 0.15) is 74.2 Å². The fourth-order valence-corrected chi connectivity index (χ4v) is 3.04. The average molecular weight is 317 g/mol. The van der Waals surface area contributed by atoms with Crippen LogP contribution in [-0.2, 0) is 9.53 Å². The summed E-state index contributed by atoms with van der Waals surface area (Å²) in [5.41, 5.74) is 1.98. The lowest BCUT2D eigenvalue weighted by atomic mass is 9.84. The van der Waals surface area contributed by atoms with E-state index in [4.69, 9.17) is 4.74 Å². The monoisotopic (exact) mass is 317 g/mol. The summed E-state index contributed by atoms with van der Waals surface area (Å²) in [6, 6.07) is 7.90. The summed E-state index contributed by atoms with van der Waals surface area (Å²) in [4.78, 5) is 23.5. The van der Waals surface area contributed by atoms with Gasteiger partial charge in [-0.15, -0.1) is 0 Å². The van der Waals surface area contributed by atoms with Gasteiger partial charge in [0.15, 0.2) is 0 Å². The van der Waals surface area contributed by atoms with Crippen molar-refractivity contribution in [3.05, 3.63) is 35.4 Å². The van der Waals surface area contributed by atoms with Gasteiger partial charge in [-0.1, -0.05) is 31.4 Å². The highest BCUT2D eigenvalue weighted by atomic mass is 16.5. The summed E-state index contributed by atoms with van der Waals surface area (Å²) in [5, 5.41) is 2.76. The molecule has 0 unspecified atom stereocenters. The quantitative estimate of drug-likeness (QED) is 0.812. The Balaban J connectivity index is 1.79. The Bertz CT molecular complexity index is 516. The van der Waals surface area contributed by atoms with E-state index in [1.165, 1.54) is 37.7 Å². The van der Waals surface area contributed by atoms with Crippen LogP contribution in [0.25, 0.3) is 0 Å². The van der Waals surface area contributed by atoms with Crippen LogP contribution in [0.15, 0.2) is 24.3 Å². The van der Waals surface area contributed by atoms with E-state index in [0.717, 1.165) is 0 Å². The molecule has 1 aromatic carbocycles. The van der Waals surface area contributed by atoms with Crippen molar-refractivity contribution in [3.8, 4) is 0 Å². The molecule has 0 spiro atoms. The van der Waals surface area contributed by atoms with Crippen LogP contribution < -0.4 is 5.32 Å². The molecule has 0 aromatic heterocycles. The van der Waals surface area contributed by atoms with Crippen LogP contribution in [0, 0.1) is 0 Å². The average Bonchev–Trinajstić information content (AvgIpc) is 2.55. The van der Waals surface area contributed by atoms with E-state index in [1.54, 1.807) is 0 Å². The van der Waals surface area contributed by atoms with Gasteiger partial charge in [0.2, 0.25) is 0 Å². The number of esters is 1. The SMILES string of the molecule is CC(C)OC(=O)CCNC(=O)c1ccc(C2CCCCC2)cc1. The van der Waals surface area contributed by atoms with Gasteiger partial charge in [0, 0.05) is 12.1 Å². The minimum atomic E-state index is -0.284. The molecule has 0 bridgehead atoms. The van der Waals surface area contributed by atoms with Crippen LogP contribution in [0.5, 0.6) is 0 Å². The first kappa shape index (κ1) is 17.5. The van der Waals surface area contributed by atoms with Crippen LogP contribution in [0.2, 0.25) is 0 Å². The maximum atomic E-state index is 12.1. The Morgan fingerprint density at radius 3 is 2.39 bits per heavy atom. The van der Waals surface area contributed by atoms with Gasteiger partial charge in [0.25, 0.3) is 5.91 Å². The first-order valence-corrected chi connectivity index (χ1v) is 8.64. The third-order valence-corrected chi connectivity index (χ3v) is 4.23. The summed E-state index contributed by atoms with van der Waals surface area (Å²) >= 11 is 0. The van der Waals surface area contributed by atoms with Crippen LogP contribution in [-0.4, -0.2) is 24.5 Å². The van der Waals surface area contributed by atoms with Gasteiger partial charge in [-0.3, -0.25) is 9.59 Å². The maximum Gasteiger partial charge on any atom is 0.307 e. The number of benzene rings is 1. The van der Waals surface area contributed by atoms with E-state index < -0.39 is 0 Å². The number of hydrogen-bond donors (Lipinski definition) is 1. The molecule has 4 heteroatoms. The molecule has 1 fully saturated rings. The number of carbonyl (C=O) groups excluding carboxylic acids is 2. The molecule has 4 nitrogen and oxygen atoms in total. The fourth-order valence-electron chi connectivity index (χ4n) is 3.04. The lowest BCUT2D eigenvalue weighted by Crippen LogP contribution is -2.27. The standard InChI is InChI=1S/C19H27NO3/c1-14(2)23-18(21)12-13-20-19(22)17-10-8-16(9-11-17)15-6-4-3-5-7-15/h8-11,14-15H,3-7,12-13H2,1-2H3,(H,20,22). The van der Waals surface area contributed by atoms with Crippen molar-refractivity contribution in [2.75, 3.05) is 6.54 Å². The largest absolute Gasteiger partial charge is 0.463 e. The molecule has 2 rings (SSSR count). The van der Waals surface area contributed by atoms with Gasteiger partial charge in [-0.2, -0.15) is 0 Å². The van der Waals surface area contributed by atoms with Gasteiger partial charge >= 0.3 is 5.97 Å². The summed E-state index contributed by atoms with van der Waals surface area (Å²) in [6.45, 7) is 3.92. The molecule has 1 amide bonds. The Morgan fingerprint density at radius 2 is 1.78 bits per heavy atom. The Morgan fingerprint density at radius 1 is 1.13 bits per heavy atom. The van der Waals surface area contributed by atoms with E-state index in [1.807, 2.05) is 26.0 Å². The lowest BCUT2D eigenvalue weighted by Gasteiger charge is -2.22. The zero-order valence-corrected chi connectivity index (χ0v) is 14.1.